The monoisotopic (exact) mass is 376 g/mol. The Bertz CT molecular complexity index is 1110. The quantitative estimate of drug-likeness (QED) is 0.583. The summed E-state index contributed by atoms with van der Waals surface area (Å²) in [5.41, 5.74) is 4.08. The summed E-state index contributed by atoms with van der Waals surface area (Å²) in [6.45, 7) is 1.01. The number of aryl methyl sites for hydroxylation is 1. The van der Waals surface area contributed by atoms with Crippen LogP contribution in [-0.2, 0) is 17.8 Å². The first kappa shape index (κ1) is 16.1. The number of fused-ring (bicyclic) bond motifs is 2. The molecule has 7 heteroatoms. The molecule has 27 heavy (non-hydrogen) atoms. The summed E-state index contributed by atoms with van der Waals surface area (Å²) in [5.74, 6) is 0.966. The van der Waals surface area contributed by atoms with Gasteiger partial charge < -0.3 is 14.4 Å². The van der Waals surface area contributed by atoms with Gasteiger partial charge in [0.15, 0.2) is 10.7 Å². The van der Waals surface area contributed by atoms with E-state index in [1.165, 1.54) is 0 Å². The predicted octanol–water partition coefficient (Wildman–Crippen LogP) is 3.98. The second-order valence-corrected chi connectivity index (χ2v) is 7.44. The molecule has 6 nitrogen and oxygen atoms in total. The normalized spacial score (nSPS) is 13.0. The number of anilines is 1. The van der Waals surface area contributed by atoms with Crippen LogP contribution in [0.2, 0.25) is 0 Å². The summed E-state index contributed by atoms with van der Waals surface area (Å²) in [4.78, 5) is 17.0. The number of carbonyl (C=O) groups is 1. The number of thioether (sulfide) groups is 1. The molecule has 2 aromatic heterocycles. The number of benzene rings is 2. The van der Waals surface area contributed by atoms with E-state index in [-0.39, 0.29) is 12.3 Å². The lowest BCUT2D eigenvalue weighted by atomic mass is 10.1. The molecule has 5 rings (SSSR count). The van der Waals surface area contributed by atoms with Crippen molar-refractivity contribution < 1.29 is 9.32 Å². The van der Waals surface area contributed by atoms with Crippen LogP contribution in [0.15, 0.2) is 64.4 Å². The summed E-state index contributed by atoms with van der Waals surface area (Å²) in [6, 6.07) is 15.3. The average molecular weight is 376 g/mol. The third kappa shape index (κ3) is 3.10. The van der Waals surface area contributed by atoms with E-state index in [9.17, 15) is 4.79 Å². The van der Waals surface area contributed by atoms with Crippen LogP contribution in [0.3, 0.4) is 0 Å². The van der Waals surface area contributed by atoms with E-state index in [4.69, 9.17) is 4.52 Å². The zero-order valence-corrected chi connectivity index (χ0v) is 15.2. The van der Waals surface area contributed by atoms with Crippen LogP contribution < -0.4 is 5.32 Å². The third-order valence-corrected chi connectivity index (χ3v) is 5.52. The molecule has 0 radical (unpaired) electrons. The van der Waals surface area contributed by atoms with Gasteiger partial charge in [-0.3, -0.25) is 4.79 Å². The molecular formula is C20H16N4O2S. The molecule has 2 aromatic carbocycles. The second kappa shape index (κ2) is 6.59. The number of para-hydroxylation sites is 1. The van der Waals surface area contributed by atoms with Crippen molar-refractivity contribution >= 4 is 34.3 Å². The maximum Gasteiger partial charge on any atom is 0.230 e. The minimum Gasteiger partial charge on any atom is -0.356 e. The molecule has 0 bridgehead atoms. The molecule has 1 N–H and O–H groups in total. The van der Waals surface area contributed by atoms with E-state index in [1.54, 1.807) is 11.8 Å². The van der Waals surface area contributed by atoms with Crippen LogP contribution in [0.5, 0.6) is 0 Å². The van der Waals surface area contributed by atoms with Crippen LogP contribution in [0.4, 0.5) is 5.69 Å². The molecule has 1 aliphatic heterocycles. The Morgan fingerprint density at radius 1 is 1.19 bits per heavy atom. The summed E-state index contributed by atoms with van der Waals surface area (Å²) < 4.78 is 7.43. The topological polar surface area (TPSA) is 73.0 Å². The van der Waals surface area contributed by atoms with Gasteiger partial charge in [-0.2, -0.15) is 0 Å². The number of nitrogens with zero attached hydrogens (tertiary/aromatic N) is 3. The van der Waals surface area contributed by atoms with Gasteiger partial charge in [-0.25, -0.2) is 4.98 Å². The Balaban J connectivity index is 1.28. The van der Waals surface area contributed by atoms with Crippen LogP contribution >= 0.6 is 11.8 Å². The smallest absolute Gasteiger partial charge is 0.230 e. The van der Waals surface area contributed by atoms with Gasteiger partial charge in [-0.05, 0) is 24.3 Å². The first-order valence-electron chi connectivity index (χ1n) is 8.70. The predicted molar refractivity (Wildman–Crippen MR) is 105 cm³/mol. The van der Waals surface area contributed by atoms with E-state index in [0.717, 1.165) is 39.8 Å². The molecule has 0 fully saturated rings. The van der Waals surface area contributed by atoms with Crippen molar-refractivity contribution in [2.24, 2.45) is 0 Å². The minimum atomic E-state index is -0.126. The Kier molecular flexibility index (Phi) is 3.94. The van der Waals surface area contributed by atoms with Crippen LogP contribution in [-0.4, -0.2) is 26.4 Å². The molecule has 1 amide bonds. The van der Waals surface area contributed by atoms with E-state index >= 15 is 0 Å². The highest BCUT2D eigenvalue weighted by Gasteiger charge is 2.15. The van der Waals surface area contributed by atoms with Crippen molar-refractivity contribution in [2.45, 2.75) is 18.1 Å². The van der Waals surface area contributed by atoms with Gasteiger partial charge in [0, 0.05) is 35.1 Å². The number of rotatable bonds is 4. The highest BCUT2D eigenvalue weighted by Crippen LogP contribution is 2.29. The highest BCUT2D eigenvalue weighted by atomic mass is 32.2. The lowest BCUT2D eigenvalue weighted by Crippen LogP contribution is -2.14. The van der Waals surface area contributed by atoms with Crippen LogP contribution in [0, 0.1) is 0 Å². The van der Waals surface area contributed by atoms with Gasteiger partial charge in [0.2, 0.25) is 5.91 Å². The number of amides is 1. The second-order valence-electron chi connectivity index (χ2n) is 6.38. The van der Waals surface area contributed by atoms with E-state index in [2.05, 4.69) is 26.2 Å². The van der Waals surface area contributed by atoms with Gasteiger partial charge in [0.05, 0.1) is 12.1 Å². The van der Waals surface area contributed by atoms with Crippen molar-refractivity contribution in [3.63, 3.8) is 0 Å². The molecule has 0 unspecified atom stereocenters. The SMILES string of the molecule is O=C(Cc1noc2ccccc12)Nc1ccc(-c2cn3c(n2)SCC3)cc1. The first-order valence-corrected chi connectivity index (χ1v) is 9.68. The van der Waals surface area contributed by atoms with Gasteiger partial charge in [0.1, 0.15) is 5.69 Å². The number of imidazole rings is 1. The molecule has 0 saturated heterocycles. The van der Waals surface area contributed by atoms with Crippen molar-refractivity contribution in [3.8, 4) is 11.3 Å². The maximum atomic E-state index is 12.4. The van der Waals surface area contributed by atoms with Gasteiger partial charge >= 0.3 is 0 Å². The Hall–Kier alpha value is -3.06. The van der Waals surface area contributed by atoms with E-state index in [1.807, 2.05) is 48.5 Å². The minimum absolute atomic E-state index is 0.126. The molecule has 0 saturated carbocycles. The van der Waals surface area contributed by atoms with E-state index in [0.29, 0.717) is 11.3 Å². The van der Waals surface area contributed by atoms with Crippen molar-refractivity contribution in [3.05, 3.63) is 60.4 Å². The number of aromatic nitrogens is 3. The third-order valence-electron chi connectivity index (χ3n) is 4.55. The fraction of sp³-hybridized carbons (Fsp3) is 0.150. The zero-order valence-electron chi connectivity index (χ0n) is 14.4. The molecular weight excluding hydrogens is 360 g/mol. The highest BCUT2D eigenvalue weighted by molar-refractivity contribution is 7.99. The number of carbonyl (C=O) groups excluding carboxylic acids is 1. The number of hydrogen-bond acceptors (Lipinski definition) is 5. The average Bonchev–Trinajstić information content (AvgIpc) is 3.38. The lowest BCUT2D eigenvalue weighted by molar-refractivity contribution is -0.115. The van der Waals surface area contributed by atoms with Gasteiger partial charge in [-0.1, -0.05) is 41.2 Å². The fourth-order valence-electron chi connectivity index (χ4n) is 3.20. The van der Waals surface area contributed by atoms with Crippen molar-refractivity contribution in [1.29, 1.82) is 0 Å². The van der Waals surface area contributed by atoms with Crippen LogP contribution in [0.25, 0.3) is 22.2 Å². The first-order chi connectivity index (χ1) is 13.3. The largest absolute Gasteiger partial charge is 0.356 e. The van der Waals surface area contributed by atoms with Crippen molar-refractivity contribution in [1.82, 2.24) is 14.7 Å². The van der Waals surface area contributed by atoms with E-state index < -0.39 is 0 Å². The maximum absolute atomic E-state index is 12.4. The molecule has 0 atom stereocenters. The lowest BCUT2D eigenvalue weighted by Gasteiger charge is -2.05. The number of nitrogens with one attached hydrogen (secondary N) is 1. The molecule has 3 heterocycles. The summed E-state index contributed by atoms with van der Waals surface area (Å²) in [6.07, 6.45) is 2.25. The molecule has 0 aliphatic carbocycles. The summed E-state index contributed by atoms with van der Waals surface area (Å²) >= 11 is 1.78. The van der Waals surface area contributed by atoms with Crippen molar-refractivity contribution in [2.75, 3.05) is 11.1 Å². The zero-order chi connectivity index (χ0) is 18.2. The standard InChI is InChI=1S/C20H16N4O2S/c25-19(11-16-15-3-1-2-4-18(15)26-23-16)21-14-7-5-13(6-8-14)17-12-24-9-10-27-20(24)22-17/h1-8,12H,9-11H2,(H,21,25). The Morgan fingerprint density at radius 2 is 2.04 bits per heavy atom. The summed E-state index contributed by atoms with van der Waals surface area (Å²) in [7, 11) is 0. The fourth-order valence-corrected chi connectivity index (χ4v) is 4.14. The van der Waals surface area contributed by atoms with Gasteiger partial charge in [0.25, 0.3) is 0 Å². The molecule has 1 aliphatic rings. The Morgan fingerprint density at radius 3 is 2.89 bits per heavy atom. The Labute approximate surface area is 159 Å². The molecule has 134 valence electrons. The number of hydrogen-bond donors (Lipinski definition) is 1. The molecule has 0 spiro atoms. The molecule has 4 aromatic rings. The summed E-state index contributed by atoms with van der Waals surface area (Å²) in [5, 5.41) is 8.86. The van der Waals surface area contributed by atoms with Gasteiger partial charge in [-0.15, -0.1) is 0 Å². The van der Waals surface area contributed by atoms with Crippen LogP contribution in [0.1, 0.15) is 5.69 Å².